The number of furan rings is 3. The van der Waals surface area contributed by atoms with Gasteiger partial charge in [0, 0.05) is 107 Å². The van der Waals surface area contributed by atoms with Crippen LogP contribution in [0.1, 0.15) is 252 Å². The molecule has 21 fully saturated rings. The summed E-state index contributed by atoms with van der Waals surface area (Å²) in [5, 5.41) is 37.6. The van der Waals surface area contributed by atoms with E-state index in [1.165, 1.54) is 58.9 Å². The SMILES string of the molecule is COC(=O)CC1C2(C)CC34OC5(C)OC67C(CC(=O)OC6C3(O)C2O)C(C)(C(=O)c2ccoc2)CCC7(O5)C14C.COC(=O)CC1C2(C)CC34OC5(C)OC67C(CC(=O)OC6C3(OC(=O)C(C)C)C2O)C(C)(C(=O)c2ccoc2)CCC7(O5)C14C.COC(=O)CC1C2(C)CC34OC5(C)OC67C(CC(=O)OC6C3(OC(=O)C(C)C)C2OC(=O)C(C)C)C(C)(C(=O)c2ccoc2)CCC7(O5)C14C. The lowest BCUT2D eigenvalue weighted by atomic mass is 9.33. The number of methoxy groups -OCH3 is 3. The molecule has 21 aliphatic rings. The standard InChI is InChI=1S/C37H46O13.C33H40O12.C29H34O11/c1-18(2)26(41)46-28-31(6)17-35-32(7,21(31)14-23(38)43-9)34-12-11-30(5,25(40)20-10-13-44-16-20)22-15-24(39)45-29(37(28,35)47-27(42)19(3)4)36(22,34)50-33(8,48-34)49-35;1-16(2)23(37)42-33-24(38)27(4)15-31(33)28(5,18(27)12-20(34)39-7)30-10-9-26(3,22(36)17-8-11-40-14-17)19-13-21(35)41-25(33)32(19,30)45-29(6,43-30)44-31;1-22(19(32)14-6-9-36-12-14)7-8-26-24(3)15(10-17(30)35-5)23(2)13-27(24)28(34,20(23)33)21-29(26,16(22)11-18(31)37-21)40-25(4,38-26)39-27/h10,13,16,18-19,21-22,28-29H,11-12,14-15,17H2,1-9H3;8,11,14,16,18-19,24-25,38H,9-10,12-13,15H2,1-7H3;6,9,12,15-16,20-21,33-34H,7-8,10-11,13H2,1-5H3. The lowest BCUT2D eigenvalue weighted by Gasteiger charge is -2.77. The summed E-state index contributed by atoms with van der Waals surface area (Å²) >= 11 is 0. The predicted octanol–water partition coefficient (Wildman–Crippen LogP) is 9.25. The van der Waals surface area contributed by atoms with Crippen molar-refractivity contribution in [2.45, 2.75) is 343 Å². The molecule has 12 heterocycles. The summed E-state index contributed by atoms with van der Waals surface area (Å²) in [7, 11) is 3.95. The molecule has 3 N–H and O–H groups in total. The molecule has 9 saturated heterocycles. The van der Waals surface area contributed by atoms with E-state index in [2.05, 4.69) is 0 Å². The number of carbonyl (C=O) groups excluding carboxylic acids is 12. The Kier molecular flexibility index (Phi) is 18.1. The second-order valence-electron chi connectivity index (χ2n) is 46.5. The molecule has 12 saturated carbocycles. The highest BCUT2D eigenvalue weighted by Gasteiger charge is 3.09. The highest BCUT2D eigenvalue weighted by atomic mass is 17.0. The van der Waals surface area contributed by atoms with E-state index in [0.717, 1.165) is 0 Å². The molecule has 0 aromatic carbocycles. The van der Waals surface area contributed by atoms with Gasteiger partial charge in [0.05, 0.1) is 99.9 Å². The van der Waals surface area contributed by atoms with Crippen molar-refractivity contribution in [2.75, 3.05) is 21.3 Å². The summed E-state index contributed by atoms with van der Waals surface area (Å²) in [6, 6.07) is 4.77. The third-order valence-electron chi connectivity index (χ3n) is 40.4. The van der Waals surface area contributed by atoms with Gasteiger partial charge in [-0.15, -0.1) is 0 Å². The van der Waals surface area contributed by atoms with E-state index < -0.39 is 277 Å². The van der Waals surface area contributed by atoms with Crippen LogP contribution in [0, 0.1) is 102 Å². The Hall–Kier alpha value is -8.40. The molecule has 135 heavy (non-hydrogen) atoms. The predicted molar refractivity (Wildman–Crippen MR) is 447 cm³/mol. The van der Waals surface area contributed by atoms with Crippen LogP contribution in [0.25, 0.3) is 0 Å². The molecule has 9 aliphatic heterocycles. The van der Waals surface area contributed by atoms with Crippen molar-refractivity contribution >= 4 is 71.1 Å². The van der Waals surface area contributed by atoms with E-state index in [0.29, 0.717) is 42.4 Å². The first-order valence-electron chi connectivity index (χ1n) is 47.5. The fourth-order valence-electron chi connectivity index (χ4n) is 35.9. The Balaban J connectivity index is 0.000000118. The summed E-state index contributed by atoms with van der Waals surface area (Å²) in [6.45, 7) is 32.0. The van der Waals surface area contributed by atoms with E-state index in [1.807, 2.05) is 62.3 Å². The summed E-state index contributed by atoms with van der Waals surface area (Å²) in [5.74, 6) is -17.0. The van der Waals surface area contributed by atoms with Crippen molar-refractivity contribution in [3.63, 3.8) is 0 Å². The Morgan fingerprint density at radius 2 is 0.689 bits per heavy atom. The number of aliphatic hydroxyl groups excluding tert-OH is 2. The summed E-state index contributed by atoms with van der Waals surface area (Å²) < 4.78 is 133. The van der Waals surface area contributed by atoms with Crippen LogP contribution in [-0.4, -0.2) is 229 Å². The van der Waals surface area contributed by atoms with Gasteiger partial charge < -0.3 is 114 Å². The zero-order valence-electron chi connectivity index (χ0n) is 79.8. The maximum atomic E-state index is 14.6. The summed E-state index contributed by atoms with van der Waals surface area (Å²) in [5.41, 5.74) is -28.3. The molecule has 9 spiro atoms. The first kappa shape index (κ1) is 91.7. The summed E-state index contributed by atoms with van der Waals surface area (Å²) in [4.78, 5) is 165. The van der Waals surface area contributed by atoms with Crippen LogP contribution in [-0.2, 0) is 128 Å². The van der Waals surface area contributed by atoms with Gasteiger partial charge in [-0.2, -0.15) is 0 Å². The topological polar surface area (TPSA) is 471 Å². The number of aliphatic hydroxyl groups is 3. The number of carbonyl (C=O) groups is 12. The smallest absolute Gasteiger partial charge is 0.309 e. The third-order valence-corrected chi connectivity index (χ3v) is 40.4. The molecule has 3 aromatic rings. The molecule has 36 heteroatoms. The first-order chi connectivity index (χ1) is 62.9. The normalized spacial score (nSPS) is 52.9. The fourth-order valence-corrected chi connectivity index (χ4v) is 35.9. The molecular formula is C99H120O36. The van der Waals surface area contributed by atoms with Crippen LogP contribution in [0.3, 0.4) is 0 Å². The van der Waals surface area contributed by atoms with Gasteiger partial charge in [-0.3, -0.25) is 57.5 Å². The van der Waals surface area contributed by atoms with Crippen molar-refractivity contribution in [1.82, 2.24) is 0 Å². The van der Waals surface area contributed by atoms with Crippen molar-refractivity contribution < 1.29 is 171 Å². The Morgan fingerprint density at radius 1 is 0.385 bits per heavy atom. The van der Waals surface area contributed by atoms with E-state index >= 15 is 0 Å². The average Bonchev–Trinajstić information content (AvgIpc) is 1.42. The number of rotatable bonds is 18. The van der Waals surface area contributed by atoms with Crippen LogP contribution in [0.15, 0.2) is 69.0 Å². The maximum Gasteiger partial charge on any atom is 0.309 e. The minimum Gasteiger partial charge on any atom is -0.472 e. The van der Waals surface area contributed by atoms with Gasteiger partial charge in [0.1, 0.15) is 75.3 Å². The Bertz CT molecular complexity index is 5750. The molecule has 36 atom stereocenters. The van der Waals surface area contributed by atoms with E-state index in [9.17, 15) is 72.9 Å². The van der Waals surface area contributed by atoms with E-state index in [1.54, 1.807) is 80.5 Å². The van der Waals surface area contributed by atoms with Crippen molar-refractivity contribution in [1.29, 1.82) is 0 Å². The van der Waals surface area contributed by atoms with Crippen molar-refractivity contribution in [3.8, 4) is 0 Å². The van der Waals surface area contributed by atoms with Gasteiger partial charge >= 0.3 is 53.7 Å². The lowest BCUT2D eigenvalue weighted by Crippen LogP contribution is -2.94. The molecule has 12 bridgehead atoms. The minimum atomic E-state index is -2.10. The number of hydrogen-bond donors (Lipinski definition) is 3. The second-order valence-corrected chi connectivity index (χ2v) is 46.5. The number of fused-ring (bicyclic) bond motifs is 9. The molecule has 24 rings (SSSR count). The lowest BCUT2D eigenvalue weighted by molar-refractivity contribution is -0.478. The van der Waals surface area contributed by atoms with Crippen LogP contribution in [0.4, 0.5) is 0 Å². The van der Waals surface area contributed by atoms with Gasteiger partial charge in [0.15, 0.2) is 47.4 Å². The number of hydrogen-bond acceptors (Lipinski definition) is 36. The summed E-state index contributed by atoms with van der Waals surface area (Å²) in [6.07, 6.45) is 1.64. The third kappa shape index (κ3) is 9.24. The fraction of sp³-hybridized carbons (Fsp3) is 0.758. The average molecular weight is 1890 g/mol. The van der Waals surface area contributed by atoms with Crippen molar-refractivity contribution in [3.05, 3.63) is 72.5 Å². The van der Waals surface area contributed by atoms with Gasteiger partial charge in [-0.05, 0) is 93.7 Å². The Labute approximate surface area is 777 Å². The van der Waals surface area contributed by atoms with Crippen LogP contribution in [0.2, 0.25) is 0 Å². The molecule has 36 unspecified atom stereocenters. The molecule has 732 valence electrons. The quantitative estimate of drug-likeness (QED) is 0.0606. The van der Waals surface area contributed by atoms with Crippen LogP contribution >= 0.6 is 0 Å². The van der Waals surface area contributed by atoms with Crippen molar-refractivity contribution in [2.24, 2.45) is 102 Å². The first-order valence-corrected chi connectivity index (χ1v) is 47.5. The molecule has 3 aromatic heterocycles. The second kappa shape index (κ2) is 26.6. The number of ether oxygens (including phenoxy) is 18. The zero-order chi connectivity index (χ0) is 97.1. The number of esters is 9. The van der Waals surface area contributed by atoms with Crippen LogP contribution < -0.4 is 0 Å². The monoisotopic (exact) mass is 1880 g/mol. The number of Topliss-reactive ketones (excluding diaryl/α,β-unsaturated/α-hetero) is 3. The zero-order valence-corrected chi connectivity index (χ0v) is 79.8. The number of ketones is 3. The minimum absolute atomic E-state index is 0.0417. The largest absolute Gasteiger partial charge is 0.472 e. The van der Waals surface area contributed by atoms with Gasteiger partial charge in [-0.1, -0.05) is 104 Å². The van der Waals surface area contributed by atoms with Crippen LogP contribution in [0.5, 0.6) is 0 Å². The highest BCUT2D eigenvalue weighted by Crippen LogP contribution is 2.95. The molecule has 0 amide bonds. The van der Waals surface area contributed by atoms with Gasteiger partial charge in [-0.25, -0.2) is 0 Å². The van der Waals surface area contributed by atoms with E-state index in [4.69, 9.17) is 98.5 Å². The van der Waals surface area contributed by atoms with E-state index in [-0.39, 0.29) is 88.0 Å². The molecule has 12 aliphatic carbocycles. The molecular weight excluding hydrogens is 1770 g/mol. The molecule has 0 radical (unpaired) electrons. The van der Waals surface area contributed by atoms with Gasteiger partial charge in [0.25, 0.3) is 17.9 Å². The van der Waals surface area contributed by atoms with Gasteiger partial charge in [0.2, 0.25) is 11.2 Å². The Morgan fingerprint density at radius 3 is 1.05 bits per heavy atom. The maximum absolute atomic E-state index is 14.6. The highest BCUT2D eigenvalue weighted by molar-refractivity contribution is 6.03. The molecule has 36 nitrogen and oxygen atoms in total.